The van der Waals surface area contributed by atoms with Crippen molar-refractivity contribution < 1.29 is 4.79 Å². The van der Waals surface area contributed by atoms with Crippen LogP contribution in [0.3, 0.4) is 0 Å². The number of nitrogens with zero attached hydrogens (tertiary/aromatic N) is 2. The third-order valence-electron chi connectivity index (χ3n) is 3.80. The Morgan fingerprint density at radius 3 is 3.00 bits per heavy atom. The smallest absolute Gasteiger partial charge is 0.238 e. The SMILES string of the molecule is CC1CN(CC(=O)Nc2ccc(C#N)c(Cl)c2)CCC1N. The van der Waals surface area contributed by atoms with Crippen molar-refractivity contribution in [3.05, 3.63) is 28.8 Å². The van der Waals surface area contributed by atoms with E-state index in [9.17, 15) is 4.79 Å². The summed E-state index contributed by atoms with van der Waals surface area (Å²) in [6, 6.07) is 7.07. The molecule has 6 heteroatoms. The van der Waals surface area contributed by atoms with Gasteiger partial charge in [-0.2, -0.15) is 5.26 Å². The average Bonchev–Trinajstić information content (AvgIpc) is 2.43. The minimum Gasteiger partial charge on any atom is -0.327 e. The van der Waals surface area contributed by atoms with E-state index >= 15 is 0 Å². The van der Waals surface area contributed by atoms with Crippen LogP contribution in [0.1, 0.15) is 18.9 Å². The first kappa shape index (κ1) is 15.8. The molecule has 5 nitrogen and oxygen atoms in total. The van der Waals surface area contributed by atoms with Gasteiger partial charge in [0.1, 0.15) is 6.07 Å². The van der Waals surface area contributed by atoms with Crippen molar-refractivity contribution in [3.8, 4) is 6.07 Å². The normalized spacial score (nSPS) is 22.6. The number of nitriles is 1. The van der Waals surface area contributed by atoms with Crippen molar-refractivity contribution in [1.29, 1.82) is 5.26 Å². The summed E-state index contributed by atoms with van der Waals surface area (Å²) in [5.74, 6) is 0.314. The predicted molar refractivity (Wildman–Crippen MR) is 83.0 cm³/mol. The molecule has 3 N–H and O–H groups in total. The van der Waals surface area contributed by atoms with Crippen molar-refractivity contribution in [2.24, 2.45) is 11.7 Å². The first-order valence-electron chi connectivity index (χ1n) is 6.97. The highest BCUT2D eigenvalue weighted by molar-refractivity contribution is 6.32. The topological polar surface area (TPSA) is 82.2 Å². The second kappa shape index (κ2) is 6.90. The monoisotopic (exact) mass is 306 g/mol. The van der Waals surface area contributed by atoms with Gasteiger partial charge in [-0.3, -0.25) is 9.69 Å². The van der Waals surface area contributed by atoms with E-state index in [0.717, 1.165) is 19.5 Å². The van der Waals surface area contributed by atoms with Crippen LogP contribution in [0.2, 0.25) is 5.02 Å². The van der Waals surface area contributed by atoms with Gasteiger partial charge in [0.25, 0.3) is 0 Å². The maximum absolute atomic E-state index is 12.0. The van der Waals surface area contributed by atoms with Gasteiger partial charge >= 0.3 is 0 Å². The highest BCUT2D eigenvalue weighted by atomic mass is 35.5. The number of piperidine rings is 1. The van der Waals surface area contributed by atoms with Crippen LogP contribution in [-0.2, 0) is 4.79 Å². The van der Waals surface area contributed by atoms with E-state index < -0.39 is 0 Å². The van der Waals surface area contributed by atoms with Gasteiger partial charge < -0.3 is 11.1 Å². The molecule has 2 rings (SSSR count). The molecule has 1 heterocycles. The molecule has 112 valence electrons. The lowest BCUT2D eigenvalue weighted by Gasteiger charge is -2.34. The number of nitrogens with two attached hydrogens (primary N) is 1. The Hall–Kier alpha value is -1.61. The van der Waals surface area contributed by atoms with Gasteiger partial charge in [0.15, 0.2) is 0 Å². The molecule has 0 saturated carbocycles. The molecule has 2 unspecified atom stereocenters. The van der Waals surface area contributed by atoms with Crippen LogP contribution in [0.5, 0.6) is 0 Å². The summed E-state index contributed by atoms with van der Waals surface area (Å²) in [5.41, 5.74) is 6.97. The lowest BCUT2D eigenvalue weighted by atomic mass is 9.95. The Labute approximate surface area is 129 Å². The third kappa shape index (κ3) is 4.18. The van der Waals surface area contributed by atoms with Crippen LogP contribution >= 0.6 is 11.6 Å². The first-order valence-corrected chi connectivity index (χ1v) is 7.35. The highest BCUT2D eigenvalue weighted by Gasteiger charge is 2.24. The van der Waals surface area contributed by atoms with E-state index in [2.05, 4.69) is 17.1 Å². The Bertz CT molecular complexity index is 569. The summed E-state index contributed by atoms with van der Waals surface area (Å²) in [4.78, 5) is 14.1. The number of carbonyl (C=O) groups excluding carboxylic acids is 1. The molecule has 1 aliphatic heterocycles. The zero-order valence-electron chi connectivity index (χ0n) is 12.0. The van der Waals surface area contributed by atoms with Crippen LogP contribution in [0, 0.1) is 17.2 Å². The van der Waals surface area contributed by atoms with Crippen molar-refractivity contribution in [3.63, 3.8) is 0 Å². The van der Waals surface area contributed by atoms with E-state index in [1.165, 1.54) is 0 Å². The molecule has 1 aromatic carbocycles. The Kier molecular flexibility index (Phi) is 5.18. The second-order valence-corrected chi connectivity index (χ2v) is 5.93. The molecule has 21 heavy (non-hydrogen) atoms. The maximum atomic E-state index is 12.0. The van der Waals surface area contributed by atoms with E-state index in [4.69, 9.17) is 22.6 Å². The number of halogens is 1. The van der Waals surface area contributed by atoms with Crippen LogP contribution in [-0.4, -0.2) is 36.5 Å². The number of hydrogen-bond donors (Lipinski definition) is 2. The second-order valence-electron chi connectivity index (χ2n) is 5.52. The minimum absolute atomic E-state index is 0.0848. The molecule has 1 aromatic rings. The standard InChI is InChI=1S/C15H19ClN4O/c1-10-8-20(5-4-14(10)18)9-15(21)19-12-3-2-11(7-17)13(16)6-12/h2-3,6,10,14H,4-5,8-9,18H2,1H3,(H,19,21). The van der Waals surface area contributed by atoms with E-state index in [0.29, 0.717) is 28.7 Å². The van der Waals surface area contributed by atoms with E-state index in [-0.39, 0.29) is 11.9 Å². The molecular weight excluding hydrogens is 288 g/mol. The minimum atomic E-state index is -0.0848. The Morgan fingerprint density at radius 1 is 1.62 bits per heavy atom. The van der Waals surface area contributed by atoms with Gasteiger partial charge in [-0.15, -0.1) is 0 Å². The Balaban J connectivity index is 1.90. The van der Waals surface area contributed by atoms with Crippen molar-refractivity contribution in [2.75, 3.05) is 25.0 Å². The zero-order chi connectivity index (χ0) is 15.4. The van der Waals surface area contributed by atoms with E-state index in [1.54, 1.807) is 18.2 Å². The number of likely N-dealkylation sites (tertiary alicyclic amines) is 1. The van der Waals surface area contributed by atoms with E-state index in [1.807, 2.05) is 6.07 Å². The summed E-state index contributed by atoms with van der Waals surface area (Å²) >= 11 is 5.94. The van der Waals surface area contributed by atoms with Gasteiger partial charge in [0.2, 0.25) is 5.91 Å². The fraction of sp³-hybridized carbons (Fsp3) is 0.467. The lowest BCUT2D eigenvalue weighted by Crippen LogP contribution is -2.48. The predicted octanol–water partition coefficient (Wildman–Crippen LogP) is 1.82. The molecule has 1 fully saturated rings. The van der Waals surface area contributed by atoms with Gasteiger partial charge in [0, 0.05) is 24.8 Å². The van der Waals surface area contributed by atoms with Crippen molar-refractivity contribution in [1.82, 2.24) is 4.90 Å². The quantitative estimate of drug-likeness (QED) is 0.892. The number of nitrogens with one attached hydrogen (secondary N) is 1. The number of rotatable bonds is 3. The highest BCUT2D eigenvalue weighted by Crippen LogP contribution is 2.20. The fourth-order valence-electron chi connectivity index (χ4n) is 2.48. The summed E-state index contributed by atoms with van der Waals surface area (Å²) in [6.07, 6.45) is 0.914. The number of hydrogen-bond acceptors (Lipinski definition) is 4. The van der Waals surface area contributed by atoms with Crippen molar-refractivity contribution >= 4 is 23.2 Å². The largest absolute Gasteiger partial charge is 0.327 e. The lowest BCUT2D eigenvalue weighted by molar-refractivity contribution is -0.117. The molecule has 0 bridgehead atoms. The molecule has 1 amide bonds. The van der Waals surface area contributed by atoms with Gasteiger partial charge in [-0.25, -0.2) is 0 Å². The molecule has 0 aliphatic carbocycles. The van der Waals surface area contributed by atoms with Crippen molar-refractivity contribution in [2.45, 2.75) is 19.4 Å². The molecular formula is C15H19ClN4O. The Morgan fingerprint density at radius 2 is 2.38 bits per heavy atom. The molecule has 2 atom stereocenters. The zero-order valence-corrected chi connectivity index (χ0v) is 12.7. The number of amides is 1. The van der Waals surface area contributed by atoms with Crippen LogP contribution in [0.4, 0.5) is 5.69 Å². The number of carbonyl (C=O) groups is 1. The molecule has 0 aromatic heterocycles. The summed E-state index contributed by atoms with van der Waals surface area (Å²) < 4.78 is 0. The first-order chi connectivity index (χ1) is 9.99. The fourth-order valence-corrected chi connectivity index (χ4v) is 2.70. The van der Waals surface area contributed by atoms with Gasteiger partial charge in [-0.1, -0.05) is 18.5 Å². The van der Waals surface area contributed by atoms with Crippen LogP contribution in [0.15, 0.2) is 18.2 Å². The summed E-state index contributed by atoms with van der Waals surface area (Å²) in [5, 5.41) is 12.0. The summed E-state index contributed by atoms with van der Waals surface area (Å²) in [6.45, 7) is 4.12. The molecule has 0 radical (unpaired) electrons. The molecule has 1 aliphatic rings. The maximum Gasteiger partial charge on any atom is 0.238 e. The number of benzene rings is 1. The summed E-state index contributed by atoms with van der Waals surface area (Å²) in [7, 11) is 0. The van der Waals surface area contributed by atoms with Crippen LogP contribution in [0.25, 0.3) is 0 Å². The average molecular weight is 307 g/mol. The molecule has 0 spiro atoms. The van der Waals surface area contributed by atoms with Gasteiger partial charge in [-0.05, 0) is 30.5 Å². The third-order valence-corrected chi connectivity index (χ3v) is 4.11. The molecule has 1 saturated heterocycles. The van der Waals surface area contributed by atoms with Gasteiger partial charge in [0.05, 0.1) is 17.1 Å². The number of anilines is 1. The van der Waals surface area contributed by atoms with Crippen LogP contribution < -0.4 is 11.1 Å².